The van der Waals surface area contributed by atoms with Gasteiger partial charge in [-0.05, 0) is 30.7 Å². The van der Waals surface area contributed by atoms with Crippen molar-refractivity contribution in [1.29, 1.82) is 0 Å². The maximum Gasteiger partial charge on any atom is 0.303 e. The third-order valence-corrected chi connectivity index (χ3v) is 2.56. The number of aromatic hydroxyl groups is 1. The van der Waals surface area contributed by atoms with Gasteiger partial charge in [0.15, 0.2) is 0 Å². The number of aromatic nitrogens is 3. The lowest BCUT2D eigenvalue weighted by Gasteiger charge is -2.04. The molecule has 2 N–H and O–H groups in total. The highest BCUT2D eigenvalue weighted by Crippen LogP contribution is 2.18. The molecule has 0 fully saturated rings. The Kier molecular flexibility index (Phi) is 3.27. The number of carboxylic acid groups (broad SMARTS) is 1. The summed E-state index contributed by atoms with van der Waals surface area (Å²) in [6.07, 6.45) is 2.09. The van der Waals surface area contributed by atoms with Crippen molar-refractivity contribution in [2.75, 3.05) is 0 Å². The molecule has 0 spiro atoms. The summed E-state index contributed by atoms with van der Waals surface area (Å²) in [4.78, 5) is 10.5. The summed E-state index contributed by atoms with van der Waals surface area (Å²) in [5, 5.41) is 25.8. The number of phenols is 1. The normalized spacial score (nSPS) is 10.5. The number of aliphatic carboxylic acids is 1. The van der Waals surface area contributed by atoms with Crippen molar-refractivity contribution < 1.29 is 15.0 Å². The van der Waals surface area contributed by atoms with Crippen LogP contribution in [0, 0.1) is 6.92 Å². The maximum atomic E-state index is 10.5. The number of nitrogens with zero attached hydrogens (tertiary/aromatic N) is 3. The van der Waals surface area contributed by atoms with Gasteiger partial charge in [-0.25, -0.2) is 4.68 Å². The van der Waals surface area contributed by atoms with Gasteiger partial charge in [0.05, 0.1) is 24.0 Å². The Bertz CT molecular complexity index is 578. The molecule has 1 aromatic heterocycles. The number of aryl methyl sites for hydroxylation is 2. The Morgan fingerprint density at radius 3 is 2.89 bits per heavy atom. The summed E-state index contributed by atoms with van der Waals surface area (Å²) in [5.41, 5.74) is 2.30. The molecule has 0 bridgehead atoms. The second-order valence-corrected chi connectivity index (χ2v) is 4.02. The molecule has 0 aliphatic rings. The SMILES string of the molecule is Cc1cc(O)ccc1-n1cc(CCC(=O)O)nn1. The third kappa shape index (κ3) is 2.65. The first kappa shape index (κ1) is 12.1. The fourth-order valence-electron chi connectivity index (χ4n) is 1.66. The molecular weight excluding hydrogens is 234 g/mol. The zero-order valence-electron chi connectivity index (χ0n) is 9.87. The quantitative estimate of drug-likeness (QED) is 0.850. The molecule has 2 aromatic rings. The number of carbonyl (C=O) groups is 1. The van der Waals surface area contributed by atoms with Gasteiger partial charge < -0.3 is 10.2 Å². The van der Waals surface area contributed by atoms with Crippen LogP contribution in [0.1, 0.15) is 17.7 Å². The predicted octanol–water partition coefficient (Wildman–Crippen LogP) is 1.30. The van der Waals surface area contributed by atoms with Gasteiger partial charge in [0, 0.05) is 6.42 Å². The molecule has 6 heteroatoms. The molecule has 0 unspecified atom stereocenters. The minimum absolute atomic E-state index is 0.0350. The number of benzene rings is 1. The summed E-state index contributed by atoms with van der Waals surface area (Å²) >= 11 is 0. The average Bonchev–Trinajstić information content (AvgIpc) is 2.75. The maximum absolute atomic E-state index is 10.5. The van der Waals surface area contributed by atoms with E-state index in [0.717, 1.165) is 11.3 Å². The molecule has 0 saturated heterocycles. The summed E-state index contributed by atoms with van der Waals surface area (Å²) < 4.78 is 1.58. The van der Waals surface area contributed by atoms with Crippen molar-refractivity contribution >= 4 is 5.97 Å². The first-order chi connectivity index (χ1) is 8.56. The van der Waals surface area contributed by atoms with Gasteiger partial charge in [0.25, 0.3) is 0 Å². The number of hydrogen-bond acceptors (Lipinski definition) is 4. The Balaban J connectivity index is 2.21. The van der Waals surface area contributed by atoms with E-state index in [-0.39, 0.29) is 12.2 Å². The number of carboxylic acids is 1. The van der Waals surface area contributed by atoms with Gasteiger partial charge in [-0.2, -0.15) is 0 Å². The van der Waals surface area contributed by atoms with Crippen molar-refractivity contribution in [2.45, 2.75) is 19.8 Å². The van der Waals surface area contributed by atoms with Gasteiger partial charge in [-0.1, -0.05) is 5.21 Å². The molecule has 0 radical (unpaired) electrons. The van der Waals surface area contributed by atoms with Gasteiger partial charge >= 0.3 is 5.97 Å². The minimum Gasteiger partial charge on any atom is -0.508 e. The van der Waals surface area contributed by atoms with Crippen LogP contribution in [0.4, 0.5) is 0 Å². The van der Waals surface area contributed by atoms with Crippen LogP contribution < -0.4 is 0 Å². The highest BCUT2D eigenvalue weighted by atomic mass is 16.4. The summed E-state index contributed by atoms with van der Waals surface area (Å²) in [7, 11) is 0. The predicted molar refractivity (Wildman–Crippen MR) is 63.7 cm³/mol. The third-order valence-electron chi connectivity index (χ3n) is 2.56. The van der Waals surface area contributed by atoms with E-state index >= 15 is 0 Å². The first-order valence-electron chi connectivity index (χ1n) is 5.49. The molecule has 1 aromatic carbocycles. The number of phenolic OH excluding ortho intramolecular Hbond substituents is 1. The lowest BCUT2D eigenvalue weighted by Crippen LogP contribution is -1.98. The van der Waals surface area contributed by atoms with Crippen molar-refractivity contribution in [3.05, 3.63) is 35.7 Å². The van der Waals surface area contributed by atoms with Gasteiger partial charge in [-0.15, -0.1) is 5.10 Å². The Morgan fingerprint density at radius 2 is 2.22 bits per heavy atom. The molecule has 0 atom stereocenters. The van der Waals surface area contributed by atoms with Crippen molar-refractivity contribution in [2.24, 2.45) is 0 Å². The lowest BCUT2D eigenvalue weighted by atomic mass is 10.2. The molecule has 0 saturated carbocycles. The Labute approximate surface area is 103 Å². The fourth-order valence-corrected chi connectivity index (χ4v) is 1.66. The molecule has 1 heterocycles. The summed E-state index contributed by atoms with van der Waals surface area (Å²) in [6, 6.07) is 4.94. The van der Waals surface area contributed by atoms with Crippen LogP contribution in [0.15, 0.2) is 24.4 Å². The molecular formula is C12H13N3O3. The topological polar surface area (TPSA) is 88.2 Å². The van der Waals surface area contributed by atoms with Crippen LogP contribution >= 0.6 is 0 Å². The van der Waals surface area contributed by atoms with E-state index in [4.69, 9.17) is 5.11 Å². The molecule has 0 aliphatic heterocycles. The second-order valence-electron chi connectivity index (χ2n) is 4.02. The van der Waals surface area contributed by atoms with Crippen LogP contribution in [0.2, 0.25) is 0 Å². The van der Waals surface area contributed by atoms with Crippen LogP contribution in [0.3, 0.4) is 0 Å². The van der Waals surface area contributed by atoms with Crippen LogP contribution in [-0.4, -0.2) is 31.2 Å². The Hall–Kier alpha value is -2.37. The van der Waals surface area contributed by atoms with E-state index < -0.39 is 5.97 Å². The summed E-state index contributed by atoms with van der Waals surface area (Å²) in [5.74, 6) is -0.659. The van der Waals surface area contributed by atoms with Gasteiger partial charge in [0.2, 0.25) is 0 Å². The Morgan fingerprint density at radius 1 is 1.44 bits per heavy atom. The summed E-state index contributed by atoms with van der Waals surface area (Å²) in [6.45, 7) is 1.85. The van der Waals surface area contributed by atoms with E-state index in [0.29, 0.717) is 12.1 Å². The molecule has 0 amide bonds. The molecule has 0 aliphatic carbocycles. The average molecular weight is 247 g/mol. The van der Waals surface area contributed by atoms with Crippen LogP contribution in [0.5, 0.6) is 5.75 Å². The molecule has 6 nitrogen and oxygen atoms in total. The highest BCUT2D eigenvalue weighted by molar-refractivity contribution is 5.66. The van der Waals surface area contributed by atoms with Crippen LogP contribution in [0.25, 0.3) is 5.69 Å². The number of hydrogen-bond donors (Lipinski definition) is 2. The van der Waals surface area contributed by atoms with Crippen molar-refractivity contribution in [3.8, 4) is 11.4 Å². The number of rotatable bonds is 4. The largest absolute Gasteiger partial charge is 0.508 e. The van der Waals surface area contributed by atoms with E-state index in [2.05, 4.69) is 10.3 Å². The molecule has 18 heavy (non-hydrogen) atoms. The molecule has 94 valence electrons. The molecule has 2 rings (SSSR count). The lowest BCUT2D eigenvalue weighted by molar-refractivity contribution is -0.136. The van der Waals surface area contributed by atoms with E-state index in [9.17, 15) is 9.90 Å². The van der Waals surface area contributed by atoms with Crippen molar-refractivity contribution in [3.63, 3.8) is 0 Å². The first-order valence-corrected chi connectivity index (χ1v) is 5.49. The monoisotopic (exact) mass is 247 g/mol. The van der Waals surface area contributed by atoms with E-state index in [1.807, 2.05) is 6.92 Å². The van der Waals surface area contributed by atoms with E-state index in [1.165, 1.54) is 0 Å². The smallest absolute Gasteiger partial charge is 0.303 e. The highest BCUT2D eigenvalue weighted by Gasteiger charge is 2.07. The van der Waals surface area contributed by atoms with Crippen LogP contribution in [-0.2, 0) is 11.2 Å². The standard InChI is InChI=1S/C12H13N3O3/c1-8-6-10(16)3-4-11(8)15-7-9(13-14-15)2-5-12(17)18/h3-4,6-7,16H,2,5H2,1H3,(H,17,18). The fraction of sp³-hybridized carbons (Fsp3) is 0.250. The van der Waals surface area contributed by atoms with Gasteiger partial charge in [0.1, 0.15) is 5.75 Å². The van der Waals surface area contributed by atoms with Crippen molar-refractivity contribution in [1.82, 2.24) is 15.0 Å². The second kappa shape index (κ2) is 4.87. The minimum atomic E-state index is -0.856. The van der Waals surface area contributed by atoms with Gasteiger partial charge in [-0.3, -0.25) is 4.79 Å². The zero-order chi connectivity index (χ0) is 13.1. The van der Waals surface area contributed by atoms with E-state index in [1.54, 1.807) is 29.1 Å². The zero-order valence-corrected chi connectivity index (χ0v) is 9.87.